The number of ether oxygens (including phenoxy) is 1. The fourth-order valence-electron chi connectivity index (χ4n) is 3.94. The molecule has 0 aromatic heterocycles. The van der Waals surface area contributed by atoms with Gasteiger partial charge < -0.3 is 4.74 Å². The molecule has 35 heavy (non-hydrogen) atoms. The number of nitrogens with zero attached hydrogens (tertiary/aromatic N) is 1. The molecule has 10 heteroatoms. The highest BCUT2D eigenvalue weighted by molar-refractivity contribution is 7.92. The Morgan fingerprint density at radius 1 is 1.11 bits per heavy atom. The fraction of sp³-hybridized carbons (Fsp3) is 0.200. The molecule has 1 heterocycles. The Morgan fingerprint density at radius 2 is 1.86 bits per heavy atom. The van der Waals surface area contributed by atoms with Gasteiger partial charge in [-0.3, -0.25) is 4.31 Å². The SMILES string of the molecule is C/C(=C\c1ccc2c(c1)N(S(=O)(=O)c1ccc(C)c(C(F)(F)F)c1)CCO2)c1c(F)cccc1Cl. The molecule has 3 aromatic rings. The van der Waals surface area contributed by atoms with E-state index in [2.05, 4.69) is 0 Å². The van der Waals surface area contributed by atoms with Crippen molar-refractivity contribution >= 4 is 39.0 Å². The maximum atomic E-state index is 14.3. The van der Waals surface area contributed by atoms with Crippen molar-refractivity contribution in [3.05, 3.63) is 87.7 Å². The van der Waals surface area contributed by atoms with Crippen LogP contribution in [0.15, 0.2) is 59.5 Å². The van der Waals surface area contributed by atoms with E-state index in [0.717, 1.165) is 16.4 Å². The summed E-state index contributed by atoms with van der Waals surface area (Å²) in [4.78, 5) is -0.474. The average Bonchev–Trinajstić information content (AvgIpc) is 2.77. The van der Waals surface area contributed by atoms with Gasteiger partial charge in [0.15, 0.2) is 0 Å². The zero-order valence-electron chi connectivity index (χ0n) is 18.7. The summed E-state index contributed by atoms with van der Waals surface area (Å²) in [5.41, 5.74) is 0.340. The Kier molecular flexibility index (Phi) is 6.59. The molecular formula is C25H20ClF4NO3S. The summed E-state index contributed by atoms with van der Waals surface area (Å²) in [5, 5.41) is 0.226. The number of hydrogen-bond acceptors (Lipinski definition) is 3. The summed E-state index contributed by atoms with van der Waals surface area (Å²) in [6, 6.07) is 12.0. The topological polar surface area (TPSA) is 46.6 Å². The van der Waals surface area contributed by atoms with Crippen LogP contribution >= 0.6 is 11.6 Å². The van der Waals surface area contributed by atoms with Crippen LogP contribution in [0.5, 0.6) is 5.75 Å². The smallest absolute Gasteiger partial charge is 0.416 e. The van der Waals surface area contributed by atoms with E-state index in [1.165, 1.54) is 25.1 Å². The van der Waals surface area contributed by atoms with E-state index in [1.807, 2.05) is 0 Å². The average molecular weight is 526 g/mol. The first-order valence-corrected chi connectivity index (χ1v) is 12.3. The Labute approximate surface area is 205 Å². The lowest BCUT2D eigenvalue weighted by molar-refractivity contribution is -0.138. The number of alkyl halides is 3. The van der Waals surface area contributed by atoms with E-state index >= 15 is 0 Å². The zero-order valence-corrected chi connectivity index (χ0v) is 20.2. The summed E-state index contributed by atoms with van der Waals surface area (Å²) in [7, 11) is -4.33. The van der Waals surface area contributed by atoms with Crippen molar-refractivity contribution in [2.24, 2.45) is 0 Å². The van der Waals surface area contributed by atoms with Gasteiger partial charge in [0.25, 0.3) is 10.0 Å². The maximum Gasteiger partial charge on any atom is 0.416 e. The highest BCUT2D eigenvalue weighted by Gasteiger charge is 2.36. The molecule has 0 saturated heterocycles. The number of anilines is 1. The monoisotopic (exact) mass is 525 g/mol. The summed E-state index contributed by atoms with van der Waals surface area (Å²) in [6.45, 7) is 2.88. The molecule has 4 rings (SSSR count). The number of sulfonamides is 1. The van der Waals surface area contributed by atoms with Gasteiger partial charge in [-0.1, -0.05) is 35.9 Å². The summed E-state index contributed by atoms with van der Waals surface area (Å²) >= 11 is 6.14. The van der Waals surface area contributed by atoms with Gasteiger partial charge in [0.1, 0.15) is 18.2 Å². The van der Waals surface area contributed by atoms with Crippen LogP contribution in [0, 0.1) is 12.7 Å². The second kappa shape index (κ2) is 9.20. The van der Waals surface area contributed by atoms with Gasteiger partial charge in [0, 0.05) is 5.56 Å². The van der Waals surface area contributed by atoms with E-state index in [9.17, 15) is 26.0 Å². The Bertz CT molecular complexity index is 1410. The molecule has 184 valence electrons. The van der Waals surface area contributed by atoms with Crippen LogP contribution in [0.1, 0.15) is 29.2 Å². The lowest BCUT2D eigenvalue weighted by Crippen LogP contribution is -2.38. The number of hydrogen-bond donors (Lipinski definition) is 0. The Morgan fingerprint density at radius 3 is 2.54 bits per heavy atom. The zero-order chi connectivity index (χ0) is 25.5. The molecule has 0 unspecified atom stereocenters. The molecule has 0 amide bonds. The van der Waals surface area contributed by atoms with E-state index in [4.69, 9.17) is 16.3 Å². The molecule has 0 bridgehead atoms. The van der Waals surface area contributed by atoms with Gasteiger partial charge in [-0.15, -0.1) is 0 Å². The fourth-order valence-corrected chi connectivity index (χ4v) is 5.73. The van der Waals surface area contributed by atoms with Gasteiger partial charge in [0.05, 0.1) is 27.7 Å². The van der Waals surface area contributed by atoms with Crippen molar-refractivity contribution in [2.45, 2.75) is 24.9 Å². The number of rotatable bonds is 4. The highest BCUT2D eigenvalue weighted by Crippen LogP contribution is 2.39. The summed E-state index contributed by atoms with van der Waals surface area (Å²) < 4.78 is 87.9. The number of halogens is 5. The predicted molar refractivity (Wildman–Crippen MR) is 128 cm³/mol. The minimum atomic E-state index is -4.69. The molecule has 0 radical (unpaired) electrons. The third kappa shape index (κ3) is 4.88. The van der Waals surface area contributed by atoms with Gasteiger partial charge in [-0.05, 0) is 66.9 Å². The van der Waals surface area contributed by atoms with Crippen molar-refractivity contribution in [2.75, 3.05) is 17.5 Å². The van der Waals surface area contributed by atoms with Gasteiger partial charge in [-0.25, -0.2) is 12.8 Å². The summed E-state index contributed by atoms with van der Waals surface area (Å²) in [6.07, 6.45) is -3.06. The number of fused-ring (bicyclic) bond motifs is 1. The quantitative estimate of drug-likeness (QED) is 0.273. The second-order valence-corrected chi connectivity index (χ2v) is 10.3. The van der Waals surface area contributed by atoms with Crippen LogP contribution in [0.2, 0.25) is 5.02 Å². The van der Waals surface area contributed by atoms with Crippen molar-refractivity contribution < 1.29 is 30.7 Å². The first-order valence-electron chi connectivity index (χ1n) is 10.5. The van der Waals surface area contributed by atoms with Crippen LogP contribution in [0.3, 0.4) is 0 Å². The third-order valence-corrected chi connectivity index (χ3v) is 7.77. The normalized spacial score (nSPS) is 14.5. The molecule has 4 nitrogen and oxygen atoms in total. The molecule has 0 saturated carbocycles. The molecule has 3 aromatic carbocycles. The predicted octanol–water partition coefficient (Wildman–Crippen LogP) is 6.95. The number of aryl methyl sites for hydroxylation is 1. The van der Waals surface area contributed by atoms with Crippen LogP contribution in [0.4, 0.5) is 23.2 Å². The third-order valence-electron chi connectivity index (χ3n) is 5.65. The highest BCUT2D eigenvalue weighted by atomic mass is 35.5. The molecule has 0 atom stereocenters. The van der Waals surface area contributed by atoms with Crippen molar-refractivity contribution in [1.82, 2.24) is 0 Å². The van der Waals surface area contributed by atoms with E-state index in [1.54, 1.807) is 31.2 Å². The molecule has 1 aliphatic heterocycles. The summed E-state index contributed by atoms with van der Waals surface area (Å²) in [5.74, 6) is -0.238. The van der Waals surface area contributed by atoms with Crippen LogP contribution in [-0.2, 0) is 16.2 Å². The Balaban J connectivity index is 1.77. The van der Waals surface area contributed by atoms with Gasteiger partial charge >= 0.3 is 6.18 Å². The van der Waals surface area contributed by atoms with Crippen molar-refractivity contribution in [3.63, 3.8) is 0 Å². The van der Waals surface area contributed by atoms with Gasteiger partial charge in [0.2, 0.25) is 0 Å². The molecule has 0 spiro atoms. The lowest BCUT2D eigenvalue weighted by Gasteiger charge is -2.31. The van der Waals surface area contributed by atoms with Gasteiger partial charge in [-0.2, -0.15) is 13.2 Å². The maximum absolute atomic E-state index is 14.3. The molecule has 0 N–H and O–H groups in total. The minimum Gasteiger partial charge on any atom is -0.489 e. The van der Waals surface area contributed by atoms with E-state index < -0.39 is 32.5 Å². The molecule has 0 aliphatic carbocycles. The van der Waals surface area contributed by atoms with Crippen LogP contribution < -0.4 is 9.04 Å². The molecular weight excluding hydrogens is 506 g/mol. The molecule has 0 fully saturated rings. The van der Waals surface area contributed by atoms with Crippen LogP contribution in [-0.4, -0.2) is 21.6 Å². The van der Waals surface area contributed by atoms with E-state index in [0.29, 0.717) is 17.2 Å². The van der Waals surface area contributed by atoms with Crippen molar-refractivity contribution in [3.8, 4) is 5.75 Å². The van der Waals surface area contributed by atoms with Crippen LogP contribution in [0.25, 0.3) is 11.6 Å². The lowest BCUT2D eigenvalue weighted by atomic mass is 10.0. The standard InChI is InChI=1S/C25H20ClF4NO3S/c1-15-6-8-18(14-19(15)25(28,29)30)35(32,33)31-10-11-34-23-9-7-17(13-22(23)31)12-16(2)24-20(26)4-3-5-21(24)27/h3-9,12-14H,10-11H2,1-2H3/b16-12+. The minimum absolute atomic E-state index is 0.0310. The largest absolute Gasteiger partial charge is 0.489 e. The molecule has 1 aliphatic rings. The first-order chi connectivity index (χ1) is 16.4. The second-order valence-electron chi connectivity index (χ2n) is 8.05. The first kappa shape index (κ1) is 25.1. The number of benzene rings is 3. The van der Waals surface area contributed by atoms with Crippen molar-refractivity contribution in [1.29, 1.82) is 0 Å². The Hall–Kier alpha value is -3.04. The van der Waals surface area contributed by atoms with E-state index in [-0.39, 0.29) is 40.7 Å². The number of allylic oxidation sites excluding steroid dienone is 1.